The minimum absolute atomic E-state index is 0.257. The monoisotopic (exact) mass is 398 g/mol. The van der Waals surface area contributed by atoms with Crippen LogP contribution in [0.3, 0.4) is 0 Å². The van der Waals surface area contributed by atoms with Gasteiger partial charge in [-0.3, -0.25) is 0 Å². The molecule has 0 spiro atoms. The lowest BCUT2D eigenvalue weighted by Gasteiger charge is -2.22. The average molecular weight is 398 g/mol. The molecule has 30 heavy (non-hydrogen) atoms. The van der Waals surface area contributed by atoms with E-state index in [1.54, 1.807) is 12.1 Å². The van der Waals surface area contributed by atoms with E-state index in [0.29, 0.717) is 30.0 Å². The molecule has 4 atom stereocenters. The Kier molecular flexibility index (Phi) is 4.62. The molecule has 0 aliphatic heterocycles. The Morgan fingerprint density at radius 2 is 1.37 bits per heavy atom. The number of rotatable bonds is 4. The zero-order valence-corrected chi connectivity index (χ0v) is 16.3. The molecule has 0 saturated carbocycles. The first-order valence-electron chi connectivity index (χ1n) is 10.1. The third-order valence-electron chi connectivity index (χ3n) is 6.02. The third kappa shape index (κ3) is 3.18. The number of nitriles is 1. The number of nitrogens with one attached hydrogen (secondary N) is 2. The number of aromatic nitrogens is 1. The first-order chi connectivity index (χ1) is 14.6. The van der Waals surface area contributed by atoms with Gasteiger partial charge < -0.3 is 20.8 Å². The number of aliphatic hydroxyl groups is 2. The molecule has 0 radical (unpaired) electrons. The van der Waals surface area contributed by atoms with Gasteiger partial charge in [-0.1, -0.05) is 48.5 Å². The molecule has 150 valence electrons. The lowest BCUT2D eigenvalue weighted by atomic mass is 10.1. The first kappa shape index (κ1) is 18.6. The maximum Gasteiger partial charge on any atom is 0.146 e. The van der Waals surface area contributed by atoms with Crippen molar-refractivity contribution >= 4 is 11.6 Å². The van der Waals surface area contributed by atoms with Crippen molar-refractivity contribution in [1.29, 1.82) is 5.26 Å². The van der Waals surface area contributed by atoms with Crippen LogP contribution >= 0.6 is 0 Å². The van der Waals surface area contributed by atoms with Crippen LogP contribution in [-0.2, 0) is 12.8 Å². The predicted octanol–water partition coefficient (Wildman–Crippen LogP) is 3.09. The van der Waals surface area contributed by atoms with Gasteiger partial charge in [0.2, 0.25) is 0 Å². The van der Waals surface area contributed by atoms with Gasteiger partial charge >= 0.3 is 0 Å². The van der Waals surface area contributed by atoms with Crippen molar-refractivity contribution in [3.63, 3.8) is 0 Å². The largest absolute Gasteiger partial charge is 0.390 e. The minimum Gasteiger partial charge on any atom is -0.390 e. The summed E-state index contributed by atoms with van der Waals surface area (Å²) in [5.74, 6) is 0.988. The van der Waals surface area contributed by atoms with Crippen LogP contribution in [0.25, 0.3) is 0 Å². The quantitative estimate of drug-likeness (QED) is 0.539. The second-order valence-electron chi connectivity index (χ2n) is 7.89. The smallest absolute Gasteiger partial charge is 0.146 e. The van der Waals surface area contributed by atoms with Crippen molar-refractivity contribution in [3.05, 3.63) is 88.5 Å². The van der Waals surface area contributed by atoms with Crippen molar-refractivity contribution in [2.24, 2.45) is 0 Å². The molecule has 0 fully saturated rings. The summed E-state index contributed by atoms with van der Waals surface area (Å²) in [6, 6.07) is 20.9. The molecule has 1 heterocycles. The van der Waals surface area contributed by atoms with Gasteiger partial charge in [0.1, 0.15) is 17.7 Å². The van der Waals surface area contributed by atoms with Crippen LogP contribution in [0.4, 0.5) is 11.6 Å². The van der Waals surface area contributed by atoms with Crippen LogP contribution in [0, 0.1) is 11.3 Å². The van der Waals surface area contributed by atoms with Gasteiger partial charge in [-0.05, 0) is 34.4 Å². The number of anilines is 2. The number of benzene rings is 2. The Hall–Kier alpha value is -3.40. The minimum atomic E-state index is -0.587. The highest BCUT2D eigenvalue weighted by Gasteiger charge is 2.33. The molecule has 5 rings (SSSR count). The number of nitrogens with zero attached hydrogens (tertiary/aromatic N) is 2. The van der Waals surface area contributed by atoms with Gasteiger partial charge in [-0.15, -0.1) is 0 Å². The molecule has 0 saturated heterocycles. The lowest BCUT2D eigenvalue weighted by molar-refractivity contribution is 0.165. The van der Waals surface area contributed by atoms with Crippen molar-refractivity contribution in [2.75, 3.05) is 10.6 Å². The Morgan fingerprint density at radius 3 is 1.97 bits per heavy atom. The molecule has 4 N–H and O–H groups in total. The number of hydrogen-bond donors (Lipinski definition) is 4. The molecule has 6 nitrogen and oxygen atoms in total. The van der Waals surface area contributed by atoms with Crippen molar-refractivity contribution in [2.45, 2.75) is 37.1 Å². The molecule has 4 unspecified atom stereocenters. The molecule has 1 aromatic heterocycles. The van der Waals surface area contributed by atoms with Gasteiger partial charge in [0.15, 0.2) is 0 Å². The van der Waals surface area contributed by atoms with E-state index >= 15 is 0 Å². The van der Waals surface area contributed by atoms with Gasteiger partial charge in [0, 0.05) is 12.8 Å². The summed E-state index contributed by atoms with van der Waals surface area (Å²) in [6.07, 6.45) is 0.0367. The van der Waals surface area contributed by atoms with E-state index in [1.165, 1.54) is 0 Å². The van der Waals surface area contributed by atoms with E-state index in [4.69, 9.17) is 0 Å². The Bertz CT molecular complexity index is 1140. The fourth-order valence-electron chi connectivity index (χ4n) is 4.54. The van der Waals surface area contributed by atoms with E-state index in [0.717, 1.165) is 22.3 Å². The predicted molar refractivity (Wildman–Crippen MR) is 114 cm³/mol. The molecular formula is C24H22N4O2. The molecule has 2 aromatic carbocycles. The van der Waals surface area contributed by atoms with Crippen LogP contribution in [0.2, 0.25) is 0 Å². The number of fused-ring (bicyclic) bond motifs is 2. The zero-order chi connectivity index (χ0) is 20.7. The first-order valence-corrected chi connectivity index (χ1v) is 10.1. The molecule has 6 heteroatoms. The summed E-state index contributed by atoms with van der Waals surface area (Å²) in [5.41, 5.74) is 4.71. The average Bonchev–Trinajstić information content (AvgIpc) is 3.24. The topological polar surface area (TPSA) is 101 Å². The summed E-state index contributed by atoms with van der Waals surface area (Å²) in [6.45, 7) is 0. The maximum atomic E-state index is 10.6. The fourth-order valence-corrected chi connectivity index (χ4v) is 4.54. The molecule has 0 bridgehead atoms. The van der Waals surface area contributed by atoms with E-state index in [1.807, 2.05) is 48.5 Å². The highest BCUT2D eigenvalue weighted by Crippen LogP contribution is 2.36. The Labute approximate surface area is 174 Å². The number of hydrogen-bond acceptors (Lipinski definition) is 6. The Balaban J connectivity index is 1.43. The van der Waals surface area contributed by atoms with Gasteiger partial charge in [-0.2, -0.15) is 5.26 Å². The molecular weight excluding hydrogens is 376 g/mol. The molecule has 2 aliphatic rings. The summed E-state index contributed by atoms with van der Waals surface area (Å²) in [5, 5.41) is 37.2. The Morgan fingerprint density at radius 1 is 0.800 bits per heavy atom. The molecule has 0 amide bonds. The SMILES string of the molecule is N#Cc1ccc(NC2c3ccccc3CC2O)nc1NC1c2ccccc2CC1O. The fraction of sp³-hybridized carbons (Fsp3) is 0.250. The number of pyridine rings is 1. The van der Waals surface area contributed by atoms with Gasteiger partial charge in [0.25, 0.3) is 0 Å². The standard InChI is InChI=1S/C24H22N4O2/c25-13-16-9-10-21(26-22-17-7-3-1-5-14(17)11-19(22)29)27-24(16)28-23-18-8-4-2-6-15(18)12-20(23)30/h1-10,19-20,22-23,29-30H,11-12H2,(H2,26,27,28). The van der Waals surface area contributed by atoms with Gasteiger partial charge in [0.05, 0.1) is 29.9 Å². The normalized spacial score (nSPS) is 24.0. The van der Waals surface area contributed by atoms with Crippen LogP contribution in [0.1, 0.15) is 39.9 Å². The van der Waals surface area contributed by atoms with E-state index < -0.39 is 12.2 Å². The van der Waals surface area contributed by atoms with Gasteiger partial charge in [-0.25, -0.2) is 4.98 Å². The highest BCUT2D eigenvalue weighted by atomic mass is 16.3. The van der Waals surface area contributed by atoms with E-state index in [9.17, 15) is 15.5 Å². The van der Waals surface area contributed by atoms with Crippen LogP contribution < -0.4 is 10.6 Å². The van der Waals surface area contributed by atoms with E-state index in [-0.39, 0.29) is 12.1 Å². The number of aliphatic hydroxyl groups excluding tert-OH is 2. The maximum absolute atomic E-state index is 10.6. The van der Waals surface area contributed by atoms with Crippen LogP contribution in [0.15, 0.2) is 60.7 Å². The zero-order valence-electron chi connectivity index (χ0n) is 16.3. The van der Waals surface area contributed by atoms with Crippen LogP contribution in [0.5, 0.6) is 0 Å². The van der Waals surface area contributed by atoms with Crippen molar-refractivity contribution in [1.82, 2.24) is 4.98 Å². The van der Waals surface area contributed by atoms with Crippen molar-refractivity contribution in [3.8, 4) is 6.07 Å². The molecule has 3 aromatic rings. The third-order valence-corrected chi connectivity index (χ3v) is 6.02. The second kappa shape index (κ2) is 7.45. The molecule has 2 aliphatic carbocycles. The summed E-state index contributed by atoms with van der Waals surface area (Å²) in [4.78, 5) is 4.62. The second-order valence-corrected chi connectivity index (χ2v) is 7.89. The highest BCUT2D eigenvalue weighted by molar-refractivity contribution is 5.59. The van der Waals surface area contributed by atoms with E-state index in [2.05, 4.69) is 21.7 Å². The van der Waals surface area contributed by atoms with Crippen molar-refractivity contribution < 1.29 is 10.2 Å². The lowest BCUT2D eigenvalue weighted by Crippen LogP contribution is -2.24. The summed E-state index contributed by atoms with van der Waals surface area (Å²) < 4.78 is 0. The summed E-state index contributed by atoms with van der Waals surface area (Å²) >= 11 is 0. The summed E-state index contributed by atoms with van der Waals surface area (Å²) in [7, 11) is 0. The van der Waals surface area contributed by atoms with Crippen LogP contribution in [-0.4, -0.2) is 27.4 Å².